The summed E-state index contributed by atoms with van der Waals surface area (Å²) in [6, 6.07) is 10.8. The first-order valence-electron chi connectivity index (χ1n) is 6.32. The zero-order chi connectivity index (χ0) is 15.6. The highest BCUT2D eigenvalue weighted by Gasteiger charge is 2.07. The van der Waals surface area contributed by atoms with E-state index in [-0.39, 0.29) is 5.78 Å². The van der Waals surface area contributed by atoms with E-state index in [2.05, 4.69) is 15.9 Å². The van der Waals surface area contributed by atoms with E-state index in [0.29, 0.717) is 15.6 Å². The number of benzene rings is 2. The summed E-state index contributed by atoms with van der Waals surface area (Å²) in [6.07, 6.45) is 1.60. The van der Waals surface area contributed by atoms with E-state index >= 15 is 0 Å². The van der Waals surface area contributed by atoms with Crippen LogP contribution in [0.4, 0.5) is 0 Å². The van der Waals surface area contributed by atoms with Crippen LogP contribution in [0.15, 0.2) is 46.9 Å². The van der Waals surface area contributed by atoms with Crippen molar-refractivity contribution in [3.05, 3.63) is 73.7 Å². The van der Waals surface area contributed by atoms with Crippen LogP contribution in [0.5, 0.6) is 0 Å². The molecule has 0 spiro atoms. The Hall–Kier alpha value is -1.09. The molecule has 0 aromatic heterocycles. The van der Waals surface area contributed by atoms with Crippen LogP contribution in [0.25, 0.3) is 5.57 Å². The zero-order valence-electron chi connectivity index (χ0n) is 11.6. The normalized spacial score (nSPS) is 11.6. The van der Waals surface area contributed by atoms with Gasteiger partial charge in [0.05, 0.1) is 0 Å². The Morgan fingerprint density at radius 1 is 1.05 bits per heavy atom. The third-order valence-electron chi connectivity index (χ3n) is 3.11. The van der Waals surface area contributed by atoms with E-state index in [9.17, 15) is 4.79 Å². The lowest BCUT2D eigenvalue weighted by molar-refractivity contribution is 0.104. The number of carbonyl (C=O) groups excluding carboxylic acids is 1. The fourth-order valence-electron chi connectivity index (χ4n) is 1.94. The number of carbonyl (C=O) groups is 1. The molecule has 0 unspecified atom stereocenters. The summed E-state index contributed by atoms with van der Waals surface area (Å²) in [4.78, 5) is 12.3. The molecule has 1 nitrogen and oxygen atoms in total. The molecule has 0 atom stereocenters. The molecule has 0 radical (unpaired) electrons. The summed E-state index contributed by atoms with van der Waals surface area (Å²) < 4.78 is 0.987. The third kappa shape index (κ3) is 4.19. The van der Waals surface area contributed by atoms with Crippen LogP contribution in [0.2, 0.25) is 10.0 Å². The predicted octanol–water partition coefficient (Wildman–Crippen LogP) is 6.35. The van der Waals surface area contributed by atoms with Gasteiger partial charge in [-0.05, 0) is 73.0 Å². The predicted molar refractivity (Wildman–Crippen MR) is 93.3 cm³/mol. The number of hydrogen-bond acceptors (Lipinski definition) is 1. The standard InChI is InChI=1S/C17H13BrCl2O/c1-10(13-7-14(19)9-15(20)8-13)6-17(21)12-3-4-16(18)11(2)5-12/h3-9H,1-2H3. The Bertz CT molecular complexity index is 715. The van der Waals surface area contributed by atoms with Crippen molar-refractivity contribution in [3.8, 4) is 0 Å². The summed E-state index contributed by atoms with van der Waals surface area (Å²) in [6.45, 7) is 3.82. The SMILES string of the molecule is CC(=CC(=O)c1ccc(Br)c(C)c1)c1cc(Cl)cc(Cl)c1. The second-order valence-electron chi connectivity index (χ2n) is 4.81. The summed E-state index contributed by atoms with van der Waals surface area (Å²) in [7, 11) is 0. The van der Waals surface area contributed by atoms with Crippen LogP contribution < -0.4 is 0 Å². The number of allylic oxidation sites excluding steroid dienone is 2. The number of rotatable bonds is 3. The number of halogens is 3. The van der Waals surface area contributed by atoms with Gasteiger partial charge in [-0.3, -0.25) is 4.79 Å². The molecular formula is C17H13BrCl2O. The van der Waals surface area contributed by atoms with Gasteiger partial charge in [-0.25, -0.2) is 0 Å². The molecule has 4 heteroatoms. The maximum atomic E-state index is 12.3. The molecule has 2 aromatic carbocycles. The number of aryl methyl sites for hydroxylation is 1. The molecule has 0 saturated heterocycles. The first-order valence-corrected chi connectivity index (χ1v) is 7.87. The lowest BCUT2D eigenvalue weighted by Gasteiger charge is -2.05. The molecule has 0 aliphatic carbocycles. The molecular weight excluding hydrogens is 371 g/mol. The van der Waals surface area contributed by atoms with Crippen LogP contribution in [0.1, 0.15) is 28.4 Å². The highest BCUT2D eigenvalue weighted by atomic mass is 79.9. The molecule has 108 valence electrons. The number of ketones is 1. The summed E-state index contributed by atoms with van der Waals surface area (Å²) in [5.74, 6) is -0.0424. The van der Waals surface area contributed by atoms with Gasteiger partial charge in [-0.15, -0.1) is 0 Å². The van der Waals surface area contributed by atoms with Gasteiger partial charge in [0.2, 0.25) is 0 Å². The fraction of sp³-hybridized carbons (Fsp3) is 0.118. The highest BCUT2D eigenvalue weighted by molar-refractivity contribution is 9.10. The van der Waals surface area contributed by atoms with E-state index in [4.69, 9.17) is 23.2 Å². The topological polar surface area (TPSA) is 17.1 Å². The largest absolute Gasteiger partial charge is 0.289 e. The third-order valence-corrected chi connectivity index (χ3v) is 4.43. The summed E-state index contributed by atoms with van der Waals surface area (Å²) in [5.41, 5.74) is 3.35. The Morgan fingerprint density at radius 2 is 1.67 bits per heavy atom. The molecule has 2 rings (SSSR count). The first-order chi connectivity index (χ1) is 9.86. The second-order valence-corrected chi connectivity index (χ2v) is 6.54. The van der Waals surface area contributed by atoms with Crippen LogP contribution in [-0.2, 0) is 0 Å². The zero-order valence-corrected chi connectivity index (χ0v) is 14.7. The van der Waals surface area contributed by atoms with Crippen molar-refractivity contribution in [2.45, 2.75) is 13.8 Å². The van der Waals surface area contributed by atoms with Gasteiger partial charge in [0.15, 0.2) is 5.78 Å². The minimum Gasteiger partial charge on any atom is -0.289 e. The molecule has 0 heterocycles. The molecule has 2 aromatic rings. The van der Waals surface area contributed by atoms with Gasteiger partial charge in [-0.2, -0.15) is 0 Å². The Morgan fingerprint density at radius 3 is 2.24 bits per heavy atom. The van der Waals surface area contributed by atoms with E-state index < -0.39 is 0 Å². The second kappa shape index (κ2) is 6.78. The summed E-state index contributed by atoms with van der Waals surface area (Å²) in [5, 5.41) is 1.11. The fourth-order valence-corrected chi connectivity index (χ4v) is 2.72. The molecule has 0 amide bonds. The van der Waals surface area contributed by atoms with Crippen molar-refractivity contribution in [3.63, 3.8) is 0 Å². The van der Waals surface area contributed by atoms with Gasteiger partial charge in [0, 0.05) is 20.1 Å². The Labute approximate surface area is 142 Å². The Kier molecular flexibility index (Phi) is 5.26. The van der Waals surface area contributed by atoms with Gasteiger partial charge in [-0.1, -0.05) is 39.1 Å². The quantitative estimate of drug-likeness (QED) is 0.445. The Balaban J connectivity index is 2.33. The van der Waals surface area contributed by atoms with E-state index in [1.165, 1.54) is 0 Å². The van der Waals surface area contributed by atoms with Crippen LogP contribution in [0, 0.1) is 6.92 Å². The van der Waals surface area contributed by atoms with Gasteiger partial charge in [0.25, 0.3) is 0 Å². The van der Waals surface area contributed by atoms with Crippen molar-refractivity contribution in [2.24, 2.45) is 0 Å². The molecule has 0 N–H and O–H groups in total. The maximum absolute atomic E-state index is 12.3. The van der Waals surface area contributed by atoms with Crippen molar-refractivity contribution < 1.29 is 4.79 Å². The van der Waals surface area contributed by atoms with E-state index in [0.717, 1.165) is 21.2 Å². The van der Waals surface area contributed by atoms with Crippen molar-refractivity contribution >= 4 is 50.5 Å². The minimum atomic E-state index is -0.0424. The van der Waals surface area contributed by atoms with Crippen molar-refractivity contribution in [1.29, 1.82) is 0 Å². The average Bonchev–Trinajstić information content (AvgIpc) is 2.40. The highest BCUT2D eigenvalue weighted by Crippen LogP contribution is 2.25. The van der Waals surface area contributed by atoms with Crippen molar-refractivity contribution in [2.75, 3.05) is 0 Å². The van der Waals surface area contributed by atoms with E-state index in [1.54, 1.807) is 30.3 Å². The number of hydrogen-bond donors (Lipinski definition) is 0. The minimum absolute atomic E-state index is 0.0424. The van der Waals surface area contributed by atoms with Gasteiger partial charge in [0.1, 0.15) is 0 Å². The first kappa shape index (κ1) is 16.3. The summed E-state index contributed by atoms with van der Waals surface area (Å²) >= 11 is 15.4. The lowest BCUT2D eigenvalue weighted by Crippen LogP contribution is -1.96. The van der Waals surface area contributed by atoms with Crippen LogP contribution >= 0.6 is 39.1 Å². The molecule has 0 bridgehead atoms. The smallest absolute Gasteiger partial charge is 0.186 e. The van der Waals surface area contributed by atoms with Crippen LogP contribution in [-0.4, -0.2) is 5.78 Å². The molecule has 21 heavy (non-hydrogen) atoms. The maximum Gasteiger partial charge on any atom is 0.186 e. The average molecular weight is 384 g/mol. The van der Waals surface area contributed by atoms with Crippen molar-refractivity contribution in [1.82, 2.24) is 0 Å². The van der Waals surface area contributed by atoms with Gasteiger partial charge < -0.3 is 0 Å². The molecule has 0 fully saturated rings. The molecule has 0 saturated carbocycles. The lowest BCUT2D eigenvalue weighted by atomic mass is 10.0. The van der Waals surface area contributed by atoms with E-state index in [1.807, 2.05) is 26.0 Å². The monoisotopic (exact) mass is 382 g/mol. The van der Waals surface area contributed by atoms with Gasteiger partial charge >= 0.3 is 0 Å². The van der Waals surface area contributed by atoms with Crippen LogP contribution in [0.3, 0.4) is 0 Å². The molecule has 0 aliphatic rings. The molecule has 0 aliphatic heterocycles.